The van der Waals surface area contributed by atoms with Crippen LogP contribution in [0.15, 0.2) is 11.4 Å². The molecular formula is C13H19NOS. The van der Waals surface area contributed by atoms with E-state index in [1.54, 1.807) is 11.3 Å². The molecule has 2 atom stereocenters. The number of thiophene rings is 1. The molecule has 1 amide bonds. The second-order valence-electron chi connectivity index (χ2n) is 4.79. The standard InChI is InChI=1S/C13H19NOS/c1-9-5-3-4-6-12(9)14-13(15)11-7-10(2)16-8-11/h7-9,12H,3-6H2,1-2H3,(H,14,15)/t9-,12-/m0/s1. The summed E-state index contributed by atoms with van der Waals surface area (Å²) in [6.45, 7) is 4.27. The molecule has 1 aromatic heterocycles. The molecule has 3 heteroatoms. The zero-order valence-corrected chi connectivity index (χ0v) is 10.8. The van der Waals surface area contributed by atoms with Crippen LogP contribution >= 0.6 is 11.3 Å². The average Bonchev–Trinajstić information content (AvgIpc) is 2.68. The minimum atomic E-state index is 0.100. The lowest BCUT2D eigenvalue weighted by Crippen LogP contribution is -2.40. The van der Waals surface area contributed by atoms with Gasteiger partial charge in [0.2, 0.25) is 0 Å². The van der Waals surface area contributed by atoms with E-state index in [1.807, 2.05) is 18.4 Å². The van der Waals surface area contributed by atoms with Crippen molar-refractivity contribution in [2.24, 2.45) is 5.92 Å². The van der Waals surface area contributed by atoms with E-state index in [2.05, 4.69) is 12.2 Å². The Balaban J connectivity index is 1.96. The summed E-state index contributed by atoms with van der Waals surface area (Å²) in [6, 6.07) is 2.34. The molecule has 1 aromatic rings. The van der Waals surface area contributed by atoms with Gasteiger partial charge in [0.1, 0.15) is 0 Å². The van der Waals surface area contributed by atoms with Crippen molar-refractivity contribution in [1.29, 1.82) is 0 Å². The zero-order chi connectivity index (χ0) is 11.5. The van der Waals surface area contributed by atoms with E-state index in [0.29, 0.717) is 12.0 Å². The molecule has 1 N–H and O–H groups in total. The van der Waals surface area contributed by atoms with Crippen LogP contribution < -0.4 is 5.32 Å². The van der Waals surface area contributed by atoms with Crippen molar-refractivity contribution >= 4 is 17.2 Å². The Morgan fingerprint density at radius 3 is 2.81 bits per heavy atom. The number of hydrogen-bond donors (Lipinski definition) is 1. The minimum absolute atomic E-state index is 0.100. The Morgan fingerprint density at radius 1 is 1.44 bits per heavy atom. The van der Waals surface area contributed by atoms with Gasteiger partial charge in [0, 0.05) is 16.3 Å². The summed E-state index contributed by atoms with van der Waals surface area (Å²) >= 11 is 1.63. The van der Waals surface area contributed by atoms with Crippen molar-refractivity contribution < 1.29 is 4.79 Å². The van der Waals surface area contributed by atoms with Gasteiger partial charge in [0.25, 0.3) is 5.91 Å². The summed E-state index contributed by atoms with van der Waals surface area (Å²) in [7, 11) is 0. The highest BCUT2D eigenvalue weighted by molar-refractivity contribution is 7.10. The molecule has 0 aromatic carbocycles. The average molecular weight is 237 g/mol. The van der Waals surface area contributed by atoms with E-state index in [-0.39, 0.29) is 5.91 Å². The zero-order valence-electron chi connectivity index (χ0n) is 9.95. The Morgan fingerprint density at radius 2 is 2.19 bits per heavy atom. The molecular weight excluding hydrogens is 218 g/mol. The molecule has 0 spiro atoms. The molecule has 16 heavy (non-hydrogen) atoms. The van der Waals surface area contributed by atoms with Gasteiger partial charge in [-0.25, -0.2) is 0 Å². The predicted molar refractivity (Wildman–Crippen MR) is 67.9 cm³/mol. The van der Waals surface area contributed by atoms with E-state index < -0.39 is 0 Å². The van der Waals surface area contributed by atoms with Gasteiger partial charge in [-0.1, -0.05) is 19.8 Å². The highest BCUT2D eigenvalue weighted by Gasteiger charge is 2.23. The maximum absolute atomic E-state index is 12.0. The van der Waals surface area contributed by atoms with Crippen LogP contribution in [0.3, 0.4) is 0 Å². The molecule has 0 unspecified atom stereocenters. The summed E-state index contributed by atoms with van der Waals surface area (Å²) in [5, 5.41) is 5.11. The van der Waals surface area contributed by atoms with Gasteiger partial charge in [-0.3, -0.25) is 4.79 Å². The summed E-state index contributed by atoms with van der Waals surface area (Å²) in [6.07, 6.45) is 4.94. The number of amides is 1. The van der Waals surface area contributed by atoms with Crippen LogP contribution in [0.4, 0.5) is 0 Å². The van der Waals surface area contributed by atoms with Crippen molar-refractivity contribution in [3.8, 4) is 0 Å². The first-order valence-electron chi connectivity index (χ1n) is 6.03. The molecule has 2 rings (SSSR count). The molecule has 0 radical (unpaired) electrons. The summed E-state index contributed by atoms with van der Waals surface area (Å²) in [5.41, 5.74) is 0.820. The Bertz CT molecular complexity index is 372. The number of carbonyl (C=O) groups is 1. The van der Waals surface area contributed by atoms with Crippen LogP contribution in [-0.4, -0.2) is 11.9 Å². The van der Waals surface area contributed by atoms with E-state index in [1.165, 1.54) is 24.1 Å². The first kappa shape index (κ1) is 11.6. The molecule has 1 saturated carbocycles. The van der Waals surface area contributed by atoms with Crippen molar-refractivity contribution in [3.05, 3.63) is 21.9 Å². The Labute approximate surface area is 101 Å². The maximum Gasteiger partial charge on any atom is 0.252 e. The van der Waals surface area contributed by atoms with Crippen molar-refractivity contribution in [2.45, 2.75) is 45.6 Å². The third kappa shape index (κ3) is 2.64. The topological polar surface area (TPSA) is 29.1 Å². The molecule has 1 aliphatic carbocycles. The van der Waals surface area contributed by atoms with Crippen LogP contribution in [0.5, 0.6) is 0 Å². The highest BCUT2D eigenvalue weighted by atomic mass is 32.1. The SMILES string of the molecule is Cc1cc(C(=O)N[C@H]2CCCC[C@@H]2C)cs1. The van der Waals surface area contributed by atoms with E-state index >= 15 is 0 Å². The van der Waals surface area contributed by atoms with Crippen LogP contribution in [0.2, 0.25) is 0 Å². The predicted octanol–water partition coefficient (Wildman–Crippen LogP) is 3.37. The quantitative estimate of drug-likeness (QED) is 0.839. The van der Waals surface area contributed by atoms with Gasteiger partial charge in [-0.05, 0) is 31.7 Å². The molecule has 1 fully saturated rings. The second kappa shape index (κ2) is 5.00. The first-order chi connectivity index (χ1) is 7.66. The van der Waals surface area contributed by atoms with Crippen LogP contribution in [-0.2, 0) is 0 Å². The van der Waals surface area contributed by atoms with Gasteiger partial charge in [-0.2, -0.15) is 0 Å². The van der Waals surface area contributed by atoms with Crippen LogP contribution in [0, 0.1) is 12.8 Å². The summed E-state index contributed by atoms with van der Waals surface area (Å²) in [5.74, 6) is 0.723. The fourth-order valence-electron chi connectivity index (χ4n) is 2.34. The van der Waals surface area contributed by atoms with Crippen molar-refractivity contribution in [3.63, 3.8) is 0 Å². The maximum atomic E-state index is 12.0. The number of hydrogen-bond acceptors (Lipinski definition) is 2. The molecule has 0 bridgehead atoms. The van der Waals surface area contributed by atoms with Crippen molar-refractivity contribution in [1.82, 2.24) is 5.32 Å². The van der Waals surface area contributed by atoms with Gasteiger partial charge in [0.05, 0.1) is 5.56 Å². The number of nitrogens with one attached hydrogen (secondary N) is 1. The summed E-state index contributed by atoms with van der Waals surface area (Å²) in [4.78, 5) is 13.2. The fraction of sp³-hybridized carbons (Fsp3) is 0.615. The van der Waals surface area contributed by atoms with Gasteiger partial charge in [0.15, 0.2) is 0 Å². The monoisotopic (exact) mass is 237 g/mol. The normalized spacial score (nSPS) is 25.4. The lowest BCUT2D eigenvalue weighted by atomic mass is 9.86. The Kier molecular flexibility index (Phi) is 3.64. The third-order valence-electron chi connectivity index (χ3n) is 3.42. The molecule has 0 aliphatic heterocycles. The van der Waals surface area contributed by atoms with E-state index in [0.717, 1.165) is 12.0 Å². The van der Waals surface area contributed by atoms with Crippen LogP contribution in [0.25, 0.3) is 0 Å². The number of carbonyl (C=O) groups excluding carboxylic acids is 1. The molecule has 1 heterocycles. The van der Waals surface area contributed by atoms with Crippen LogP contribution in [0.1, 0.15) is 47.8 Å². The van der Waals surface area contributed by atoms with Crippen molar-refractivity contribution in [2.75, 3.05) is 0 Å². The van der Waals surface area contributed by atoms with Gasteiger partial charge < -0.3 is 5.32 Å². The van der Waals surface area contributed by atoms with E-state index in [4.69, 9.17) is 0 Å². The third-order valence-corrected chi connectivity index (χ3v) is 4.28. The first-order valence-corrected chi connectivity index (χ1v) is 6.91. The van der Waals surface area contributed by atoms with E-state index in [9.17, 15) is 4.79 Å². The lowest BCUT2D eigenvalue weighted by molar-refractivity contribution is 0.0910. The molecule has 2 nitrogen and oxygen atoms in total. The van der Waals surface area contributed by atoms with Gasteiger partial charge in [-0.15, -0.1) is 11.3 Å². The number of aryl methyl sites for hydroxylation is 1. The largest absolute Gasteiger partial charge is 0.349 e. The molecule has 1 aliphatic rings. The lowest BCUT2D eigenvalue weighted by Gasteiger charge is -2.29. The number of rotatable bonds is 2. The Hall–Kier alpha value is -0.830. The smallest absolute Gasteiger partial charge is 0.252 e. The van der Waals surface area contributed by atoms with Gasteiger partial charge >= 0.3 is 0 Å². The molecule has 0 saturated heterocycles. The minimum Gasteiger partial charge on any atom is -0.349 e. The fourth-order valence-corrected chi connectivity index (χ4v) is 3.03. The summed E-state index contributed by atoms with van der Waals surface area (Å²) < 4.78 is 0. The second-order valence-corrected chi connectivity index (χ2v) is 5.90. The molecule has 88 valence electrons. The highest BCUT2D eigenvalue weighted by Crippen LogP contribution is 2.24.